The molecule has 0 bridgehead atoms. The number of fused-ring (bicyclic) bond motifs is 1. The number of methoxy groups -OCH3 is 1. The Kier molecular flexibility index (Phi) is 2.20. The number of hydrogen-bond acceptors (Lipinski definition) is 3. The zero-order valence-electron chi connectivity index (χ0n) is 9.24. The van der Waals surface area contributed by atoms with E-state index in [1.165, 1.54) is 0 Å². The number of ether oxygens (including phenoxy) is 2. The van der Waals surface area contributed by atoms with Crippen LogP contribution in [0.3, 0.4) is 0 Å². The smallest absolute Gasteiger partial charge is 0.161 e. The van der Waals surface area contributed by atoms with Crippen LogP contribution in [0, 0.1) is 17.3 Å². The van der Waals surface area contributed by atoms with Crippen LogP contribution in [0.5, 0.6) is 0 Å². The van der Waals surface area contributed by atoms with Gasteiger partial charge in [0, 0.05) is 13.0 Å². The molecule has 3 heteroatoms. The van der Waals surface area contributed by atoms with E-state index in [2.05, 4.69) is 13.8 Å². The molecule has 2 fully saturated rings. The molecule has 4 atom stereocenters. The highest BCUT2D eigenvalue weighted by Gasteiger charge is 2.65. The maximum atomic E-state index is 11.3. The molecule has 0 amide bonds. The van der Waals surface area contributed by atoms with Crippen LogP contribution in [-0.2, 0) is 14.3 Å². The van der Waals surface area contributed by atoms with Gasteiger partial charge in [-0.2, -0.15) is 0 Å². The predicted octanol–water partition coefficient (Wildman–Crippen LogP) is 1.61. The summed E-state index contributed by atoms with van der Waals surface area (Å²) in [5.41, 5.74) is 0.283. The Labute approximate surface area is 84.8 Å². The van der Waals surface area contributed by atoms with Crippen LogP contribution < -0.4 is 0 Å². The number of ketones is 1. The molecule has 0 aromatic heterocycles. The van der Waals surface area contributed by atoms with E-state index >= 15 is 0 Å². The minimum absolute atomic E-state index is 0.119. The van der Waals surface area contributed by atoms with Crippen molar-refractivity contribution in [3.63, 3.8) is 0 Å². The minimum atomic E-state index is -0.247. The van der Waals surface area contributed by atoms with Crippen LogP contribution in [0.4, 0.5) is 0 Å². The maximum absolute atomic E-state index is 11.3. The Morgan fingerprint density at radius 1 is 1.50 bits per heavy atom. The number of carbonyl (C=O) groups is 1. The van der Waals surface area contributed by atoms with Gasteiger partial charge in [-0.05, 0) is 24.7 Å². The van der Waals surface area contributed by atoms with Crippen LogP contribution in [0.2, 0.25) is 0 Å². The van der Waals surface area contributed by atoms with Crippen molar-refractivity contribution in [3.8, 4) is 0 Å². The van der Waals surface area contributed by atoms with E-state index < -0.39 is 0 Å². The summed E-state index contributed by atoms with van der Waals surface area (Å²) in [6.07, 6.45) is 0.438. The summed E-state index contributed by atoms with van der Waals surface area (Å²) in [4.78, 5) is 11.3. The minimum Gasteiger partial charge on any atom is -0.356 e. The zero-order valence-corrected chi connectivity index (χ0v) is 9.24. The molecule has 1 aliphatic carbocycles. The fourth-order valence-electron chi connectivity index (χ4n) is 2.77. The Morgan fingerprint density at radius 3 is 2.64 bits per heavy atom. The fourth-order valence-corrected chi connectivity index (χ4v) is 2.77. The van der Waals surface area contributed by atoms with E-state index in [1.807, 2.05) is 0 Å². The number of Topliss-reactive ketones (excluding diaryl/α,β-unsaturated/α-hetero) is 1. The van der Waals surface area contributed by atoms with Crippen molar-refractivity contribution < 1.29 is 14.3 Å². The summed E-state index contributed by atoms with van der Waals surface area (Å²) in [6.45, 7) is 6.04. The highest BCUT2D eigenvalue weighted by Crippen LogP contribution is 2.64. The van der Waals surface area contributed by atoms with Gasteiger partial charge in [0.15, 0.2) is 12.1 Å². The molecular weight excluding hydrogens is 180 g/mol. The largest absolute Gasteiger partial charge is 0.356 e. The molecule has 80 valence electrons. The van der Waals surface area contributed by atoms with E-state index in [0.29, 0.717) is 11.8 Å². The molecule has 14 heavy (non-hydrogen) atoms. The lowest BCUT2D eigenvalue weighted by atomic mass is 10.0. The van der Waals surface area contributed by atoms with Gasteiger partial charge < -0.3 is 9.47 Å². The molecule has 2 rings (SSSR count). The van der Waals surface area contributed by atoms with Crippen LogP contribution in [-0.4, -0.2) is 25.3 Å². The highest BCUT2D eigenvalue weighted by molar-refractivity contribution is 5.80. The molecule has 1 heterocycles. The van der Waals surface area contributed by atoms with E-state index in [-0.39, 0.29) is 23.6 Å². The van der Waals surface area contributed by atoms with Crippen molar-refractivity contribution in [2.45, 2.75) is 39.6 Å². The lowest BCUT2D eigenvalue weighted by molar-refractivity contribution is -0.191. The second-order valence-electron chi connectivity index (χ2n) is 5.03. The summed E-state index contributed by atoms with van der Waals surface area (Å²) < 4.78 is 10.9. The van der Waals surface area contributed by atoms with Crippen molar-refractivity contribution >= 4 is 5.78 Å². The third-order valence-electron chi connectivity index (χ3n) is 3.88. The molecule has 1 aliphatic heterocycles. The molecule has 0 spiro atoms. The van der Waals surface area contributed by atoms with Crippen LogP contribution in [0.25, 0.3) is 0 Å². The van der Waals surface area contributed by atoms with Crippen LogP contribution in [0.1, 0.15) is 27.2 Å². The number of carbonyl (C=O) groups excluding carboxylic acids is 1. The van der Waals surface area contributed by atoms with E-state index in [1.54, 1.807) is 14.0 Å². The summed E-state index contributed by atoms with van der Waals surface area (Å²) in [6, 6.07) is 0. The molecule has 3 unspecified atom stereocenters. The highest BCUT2D eigenvalue weighted by atomic mass is 16.7. The van der Waals surface area contributed by atoms with Crippen molar-refractivity contribution in [2.24, 2.45) is 17.3 Å². The second kappa shape index (κ2) is 3.04. The van der Waals surface area contributed by atoms with E-state index in [9.17, 15) is 4.79 Å². The predicted molar refractivity (Wildman–Crippen MR) is 51.7 cm³/mol. The molecule has 0 aromatic carbocycles. The van der Waals surface area contributed by atoms with Gasteiger partial charge in [-0.1, -0.05) is 13.8 Å². The summed E-state index contributed by atoms with van der Waals surface area (Å²) in [7, 11) is 1.65. The topological polar surface area (TPSA) is 35.5 Å². The molecule has 2 aliphatic rings. The molecule has 0 aromatic rings. The SMILES string of the molecule is COC1OC(C(C)=O)CC2[C@@H]1C2(C)C. The zero-order chi connectivity index (χ0) is 10.5. The van der Waals surface area contributed by atoms with Crippen LogP contribution >= 0.6 is 0 Å². The van der Waals surface area contributed by atoms with Crippen molar-refractivity contribution in [1.29, 1.82) is 0 Å². The van der Waals surface area contributed by atoms with Crippen LogP contribution in [0.15, 0.2) is 0 Å². The third-order valence-corrected chi connectivity index (χ3v) is 3.88. The lowest BCUT2D eigenvalue weighted by Gasteiger charge is -2.26. The first kappa shape index (κ1) is 10.1. The monoisotopic (exact) mass is 198 g/mol. The number of hydrogen-bond donors (Lipinski definition) is 0. The van der Waals surface area contributed by atoms with Gasteiger partial charge in [0.2, 0.25) is 0 Å². The maximum Gasteiger partial charge on any atom is 0.161 e. The average Bonchev–Trinajstić information content (AvgIpc) is 2.68. The van der Waals surface area contributed by atoms with Gasteiger partial charge in [-0.25, -0.2) is 0 Å². The third kappa shape index (κ3) is 1.30. The quantitative estimate of drug-likeness (QED) is 0.676. The Hall–Kier alpha value is -0.410. The molecule has 0 radical (unpaired) electrons. The molecule has 1 saturated heterocycles. The Bertz CT molecular complexity index is 259. The molecular formula is C11H18O3. The first-order valence-corrected chi connectivity index (χ1v) is 5.17. The average molecular weight is 198 g/mol. The van der Waals surface area contributed by atoms with Crippen molar-refractivity contribution in [3.05, 3.63) is 0 Å². The standard InChI is InChI=1S/C11H18O3/c1-6(12)8-5-7-9(11(7,2)3)10(13-4)14-8/h7-10H,5H2,1-4H3/t7?,8?,9-,10?/m0/s1. The normalized spacial score (nSPS) is 44.3. The van der Waals surface area contributed by atoms with Gasteiger partial charge in [0.1, 0.15) is 6.10 Å². The lowest BCUT2D eigenvalue weighted by Crippen LogP contribution is -2.35. The first-order valence-electron chi connectivity index (χ1n) is 5.17. The first-order chi connectivity index (χ1) is 6.48. The molecule has 0 N–H and O–H groups in total. The van der Waals surface area contributed by atoms with Gasteiger partial charge in [0.05, 0.1) is 0 Å². The summed E-state index contributed by atoms with van der Waals surface area (Å²) in [5, 5.41) is 0. The number of rotatable bonds is 2. The second-order valence-corrected chi connectivity index (χ2v) is 5.03. The summed E-state index contributed by atoms with van der Waals surface area (Å²) in [5.74, 6) is 1.19. The molecule has 3 nitrogen and oxygen atoms in total. The van der Waals surface area contributed by atoms with Crippen molar-refractivity contribution in [1.82, 2.24) is 0 Å². The Morgan fingerprint density at radius 2 is 2.14 bits per heavy atom. The van der Waals surface area contributed by atoms with E-state index in [0.717, 1.165) is 6.42 Å². The van der Waals surface area contributed by atoms with Gasteiger partial charge >= 0.3 is 0 Å². The summed E-state index contributed by atoms with van der Waals surface area (Å²) >= 11 is 0. The molecule has 1 saturated carbocycles. The van der Waals surface area contributed by atoms with Gasteiger partial charge in [0.25, 0.3) is 0 Å². The van der Waals surface area contributed by atoms with Crippen molar-refractivity contribution in [2.75, 3.05) is 7.11 Å². The Balaban J connectivity index is 2.11. The van der Waals surface area contributed by atoms with E-state index in [4.69, 9.17) is 9.47 Å². The van der Waals surface area contributed by atoms with Gasteiger partial charge in [-0.15, -0.1) is 0 Å². The van der Waals surface area contributed by atoms with Gasteiger partial charge in [-0.3, -0.25) is 4.79 Å². The fraction of sp³-hybridized carbons (Fsp3) is 0.909.